The molecule has 100 valence electrons. The molecule has 2 heteroatoms. The number of ether oxygens (including phenoxy) is 1. The summed E-state index contributed by atoms with van der Waals surface area (Å²) in [6.45, 7) is 4.21. The summed E-state index contributed by atoms with van der Waals surface area (Å²) in [5.41, 5.74) is 4.92. The first-order valence-corrected chi connectivity index (χ1v) is 6.80. The van der Waals surface area contributed by atoms with Crippen molar-refractivity contribution < 1.29 is 4.74 Å². The van der Waals surface area contributed by atoms with E-state index in [1.165, 1.54) is 16.7 Å². The van der Waals surface area contributed by atoms with Crippen LogP contribution in [0.3, 0.4) is 0 Å². The first kappa shape index (κ1) is 13.6. The second kappa shape index (κ2) is 6.37. The molecule has 0 radical (unpaired) electrons. The molecule has 0 aliphatic heterocycles. The minimum absolute atomic E-state index is 0.983. The number of hydrogen-bond donors (Lipinski definition) is 0. The Morgan fingerprint density at radius 1 is 1.11 bits per heavy atom. The molecular weight excluding hydrogens is 234 g/mol. The third-order valence-electron chi connectivity index (χ3n) is 3.37. The monoisotopic (exact) mass is 255 g/mol. The molecule has 0 amide bonds. The molecule has 0 N–H and O–H groups in total. The van der Waals surface area contributed by atoms with E-state index in [0.29, 0.717) is 0 Å². The molecule has 1 aromatic heterocycles. The van der Waals surface area contributed by atoms with E-state index in [1.807, 2.05) is 6.20 Å². The Balaban J connectivity index is 2.05. The Kier molecular flexibility index (Phi) is 4.56. The van der Waals surface area contributed by atoms with Gasteiger partial charge in [0.05, 0.1) is 7.11 Å². The maximum atomic E-state index is 5.44. The highest BCUT2D eigenvalue weighted by Gasteiger charge is 2.04. The van der Waals surface area contributed by atoms with Crippen molar-refractivity contribution >= 4 is 0 Å². The Morgan fingerprint density at radius 3 is 2.58 bits per heavy atom. The molecule has 0 spiro atoms. The van der Waals surface area contributed by atoms with Gasteiger partial charge in [-0.1, -0.05) is 25.1 Å². The summed E-state index contributed by atoms with van der Waals surface area (Å²) in [6, 6.07) is 10.7. The second-order valence-corrected chi connectivity index (χ2v) is 4.83. The van der Waals surface area contributed by atoms with E-state index >= 15 is 0 Å². The predicted octanol–water partition coefficient (Wildman–Crippen LogP) is 3.75. The van der Waals surface area contributed by atoms with Crippen molar-refractivity contribution in [3.05, 3.63) is 58.9 Å². The molecule has 0 saturated heterocycles. The smallest absolute Gasteiger partial charge is 0.122 e. The molecule has 0 atom stereocenters. The average Bonchev–Trinajstić information content (AvgIpc) is 2.46. The first-order chi connectivity index (χ1) is 9.22. The van der Waals surface area contributed by atoms with E-state index in [0.717, 1.165) is 30.7 Å². The van der Waals surface area contributed by atoms with E-state index in [4.69, 9.17) is 4.74 Å². The number of benzene rings is 1. The molecule has 2 nitrogen and oxygen atoms in total. The van der Waals surface area contributed by atoms with Gasteiger partial charge in [-0.3, -0.25) is 4.98 Å². The lowest BCUT2D eigenvalue weighted by Gasteiger charge is -2.09. The fourth-order valence-electron chi connectivity index (χ4n) is 2.15. The van der Waals surface area contributed by atoms with Crippen molar-refractivity contribution in [1.29, 1.82) is 0 Å². The first-order valence-electron chi connectivity index (χ1n) is 6.80. The summed E-state index contributed by atoms with van der Waals surface area (Å²) in [5, 5.41) is 0. The number of pyridine rings is 1. The minimum atomic E-state index is 0.983. The van der Waals surface area contributed by atoms with E-state index in [9.17, 15) is 0 Å². The van der Waals surface area contributed by atoms with E-state index < -0.39 is 0 Å². The highest BCUT2D eigenvalue weighted by Crippen LogP contribution is 2.21. The highest BCUT2D eigenvalue weighted by molar-refractivity contribution is 5.37. The van der Waals surface area contributed by atoms with Crippen LogP contribution in [-0.2, 0) is 19.3 Å². The van der Waals surface area contributed by atoms with E-state index in [1.54, 1.807) is 7.11 Å². The number of aryl methyl sites for hydroxylation is 4. The van der Waals surface area contributed by atoms with E-state index in [2.05, 4.69) is 49.2 Å². The van der Waals surface area contributed by atoms with Crippen LogP contribution in [0.1, 0.15) is 29.3 Å². The molecule has 1 aromatic carbocycles. The summed E-state index contributed by atoms with van der Waals surface area (Å²) >= 11 is 0. The maximum Gasteiger partial charge on any atom is 0.122 e. The summed E-state index contributed by atoms with van der Waals surface area (Å²) < 4.78 is 5.44. The summed E-state index contributed by atoms with van der Waals surface area (Å²) in [5.74, 6) is 0.984. The Bertz CT molecular complexity index is 531. The number of methoxy groups -OCH3 is 1. The van der Waals surface area contributed by atoms with Crippen molar-refractivity contribution in [2.75, 3.05) is 7.11 Å². The van der Waals surface area contributed by atoms with Crippen LogP contribution in [0.25, 0.3) is 0 Å². The van der Waals surface area contributed by atoms with Gasteiger partial charge in [-0.05, 0) is 55.0 Å². The lowest BCUT2D eigenvalue weighted by molar-refractivity contribution is 0.409. The molecule has 0 unspecified atom stereocenters. The summed E-state index contributed by atoms with van der Waals surface area (Å²) in [6.07, 6.45) is 4.96. The van der Waals surface area contributed by atoms with Gasteiger partial charge in [-0.25, -0.2) is 0 Å². The third kappa shape index (κ3) is 3.57. The highest BCUT2D eigenvalue weighted by atomic mass is 16.5. The normalized spacial score (nSPS) is 10.5. The van der Waals surface area contributed by atoms with Gasteiger partial charge in [0.15, 0.2) is 0 Å². The molecule has 0 bridgehead atoms. The molecule has 1 heterocycles. The van der Waals surface area contributed by atoms with Crippen LogP contribution in [0.15, 0.2) is 36.5 Å². The molecule has 0 saturated carbocycles. The fourth-order valence-corrected chi connectivity index (χ4v) is 2.15. The van der Waals surface area contributed by atoms with Crippen molar-refractivity contribution in [2.24, 2.45) is 0 Å². The van der Waals surface area contributed by atoms with Crippen LogP contribution < -0.4 is 4.74 Å². The lowest BCUT2D eigenvalue weighted by atomic mass is 10.0. The minimum Gasteiger partial charge on any atom is -0.496 e. The standard InChI is InChI=1S/C17H21NO/c1-4-16-10-7-14(12-18-16)6-9-15-8-5-13(2)11-17(15)19-3/h5,7-8,10-12H,4,6,9H2,1-3H3. The van der Waals surface area contributed by atoms with Gasteiger partial charge in [0.2, 0.25) is 0 Å². The van der Waals surface area contributed by atoms with Gasteiger partial charge in [0.1, 0.15) is 5.75 Å². The van der Waals surface area contributed by atoms with Gasteiger partial charge in [-0.15, -0.1) is 0 Å². The fraction of sp³-hybridized carbons (Fsp3) is 0.353. The number of nitrogens with zero attached hydrogens (tertiary/aromatic N) is 1. The third-order valence-corrected chi connectivity index (χ3v) is 3.37. The zero-order valence-electron chi connectivity index (χ0n) is 11.9. The molecule has 0 aliphatic carbocycles. The average molecular weight is 255 g/mol. The number of hydrogen-bond acceptors (Lipinski definition) is 2. The SMILES string of the molecule is CCc1ccc(CCc2ccc(C)cc2OC)cn1. The van der Waals surface area contributed by atoms with Crippen LogP contribution in [0.5, 0.6) is 5.75 Å². The zero-order chi connectivity index (χ0) is 13.7. The van der Waals surface area contributed by atoms with Crippen LogP contribution >= 0.6 is 0 Å². The zero-order valence-corrected chi connectivity index (χ0v) is 11.9. The van der Waals surface area contributed by atoms with Gasteiger partial charge in [0.25, 0.3) is 0 Å². The van der Waals surface area contributed by atoms with Gasteiger partial charge < -0.3 is 4.74 Å². The molecule has 2 rings (SSSR count). The number of aromatic nitrogens is 1. The molecular formula is C17H21NO. The molecule has 2 aromatic rings. The van der Waals surface area contributed by atoms with Crippen LogP contribution in [0.4, 0.5) is 0 Å². The summed E-state index contributed by atoms with van der Waals surface area (Å²) in [7, 11) is 1.73. The topological polar surface area (TPSA) is 22.1 Å². The van der Waals surface area contributed by atoms with Crippen LogP contribution in [0.2, 0.25) is 0 Å². The van der Waals surface area contributed by atoms with Crippen LogP contribution in [0, 0.1) is 6.92 Å². The molecule has 0 fully saturated rings. The number of rotatable bonds is 5. The summed E-state index contributed by atoms with van der Waals surface area (Å²) in [4.78, 5) is 4.43. The van der Waals surface area contributed by atoms with Gasteiger partial charge >= 0.3 is 0 Å². The van der Waals surface area contributed by atoms with Crippen molar-refractivity contribution in [3.8, 4) is 5.75 Å². The van der Waals surface area contributed by atoms with Crippen LogP contribution in [-0.4, -0.2) is 12.1 Å². The largest absolute Gasteiger partial charge is 0.496 e. The van der Waals surface area contributed by atoms with Crippen molar-refractivity contribution in [1.82, 2.24) is 4.98 Å². The molecule has 19 heavy (non-hydrogen) atoms. The van der Waals surface area contributed by atoms with E-state index in [-0.39, 0.29) is 0 Å². The Labute approximate surface area is 115 Å². The predicted molar refractivity (Wildman–Crippen MR) is 78.8 cm³/mol. The van der Waals surface area contributed by atoms with Gasteiger partial charge in [0, 0.05) is 11.9 Å². The quantitative estimate of drug-likeness (QED) is 0.812. The second-order valence-electron chi connectivity index (χ2n) is 4.83. The van der Waals surface area contributed by atoms with Crippen molar-refractivity contribution in [3.63, 3.8) is 0 Å². The Morgan fingerprint density at radius 2 is 1.95 bits per heavy atom. The van der Waals surface area contributed by atoms with Gasteiger partial charge in [-0.2, -0.15) is 0 Å². The molecule has 0 aliphatic rings. The lowest BCUT2D eigenvalue weighted by Crippen LogP contribution is -1.97. The maximum absolute atomic E-state index is 5.44. The Hall–Kier alpha value is -1.83. The van der Waals surface area contributed by atoms with Crippen molar-refractivity contribution in [2.45, 2.75) is 33.1 Å².